The van der Waals surface area contributed by atoms with Crippen LogP contribution in [0.1, 0.15) is 33.4 Å². The van der Waals surface area contributed by atoms with Gasteiger partial charge in [-0.15, -0.1) is 0 Å². The molecule has 162 valence electrons. The first kappa shape index (κ1) is 21.6. The van der Waals surface area contributed by atoms with Gasteiger partial charge in [-0.3, -0.25) is 9.59 Å². The van der Waals surface area contributed by atoms with Crippen molar-refractivity contribution in [3.63, 3.8) is 0 Å². The van der Waals surface area contributed by atoms with Crippen molar-refractivity contribution in [2.45, 2.75) is 34.2 Å². The van der Waals surface area contributed by atoms with Gasteiger partial charge in [-0.25, -0.2) is 4.90 Å². The Labute approximate surface area is 189 Å². The van der Waals surface area contributed by atoms with Gasteiger partial charge in [-0.1, -0.05) is 66.2 Å². The van der Waals surface area contributed by atoms with Crippen LogP contribution in [0.2, 0.25) is 0 Å². The average molecular weight is 425 g/mol. The molecule has 3 aromatic carbocycles. The van der Waals surface area contributed by atoms with E-state index in [0.29, 0.717) is 23.5 Å². The van der Waals surface area contributed by atoms with Crippen LogP contribution in [0.25, 0.3) is 5.57 Å². The topological polar surface area (TPSA) is 40.6 Å². The van der Waals surface area contributed by atoms with E-state index in [0.717, 1.165) is 33.4 Å². The molecule has 4 heteroatoms. The Balaban J connectivity index is 1.87. The summed E-state index contributed by atoms with van der Waals surface area (Å²) in [6.45, 7) is 8.44. The van der Waals surface area contributed by atoms with Crippen molar-refractivity contribution in [2.75, 3.05) is 11.9 Å². The molecule has 0 radical (unpaired) electrons. The first-order valence-electron chi connectivity index (χ1n) is 10.8. The van der Waals surface area contributed by atoms with Gasteiger partial charge in [0.25, 0.3) is 11.8 Å². The molecular weight excluding hydrogens is 396 g/mol. The van der Waals surface area contributed by atoms with E-state index >= 15 is 0 Å². The van der Waals surface area contributed by atoms with Gasteiger partial charge in [-0.05, 0) is 61.6 Å². The quantitative estimate of drug-likeness (QED) is 0.519. The summed E-state index contributed by atoms with van der Waals surface area (Å²) < 4.78 is 0. The number of hydrogen-bond donors (Lipinski definition) is 0. The third kappa shape index (κ3) is 3.84. The Hall–Kier alpha value is -3.66. The number of likely N-dealkylation sites (N-methyl/N-ethyl adjacent to an activating group) is 1. The smallest absolute Gasteiger partial charge is 0.282 e. The van der Waals surface area contributed by atoms with Crippen LogP contribution in [-0.4, -0.2) is 23.8 Å². The van der Waals surface area contributed by atoms with Crippen LogP contribution < -0.4 is 4.90 Å². The van der Waals surface area contributed by atoms with E-state index in [1.165, 1.54) is 4.90 Å². The second kappa shape index (κ2) is 8.46. The van der Waals surface area contributed by atoms with Gasteiger partial charge in [0.15, 0.2) is 0 Å². The summed E-state index contributed by atoms with van der Waals surface area (Å²) in [4.78, 5) is 30.8. The Morgan fingerprint density at radius 3 is 2.09 bits per heavy atom. The number of amides is 2. The third-order valence-electron chi connectivity index (χ3n) is 5.96. The minimum absolute atomic E-state index is 0.273. The molecule has 0 N–H and O–H groups in total. The molecule has 0 aliphatic carbocycles. The molecule has 0 bridgehead atoms. The van der Waals surface area contributed by atoms with Crippen molar-refractivity contribution < 1.29 is 9.59 Å². The Morgan fingerprint density at radius 2 is 1.41 bits per heavy atom. The highest BCUT2D eigenvalue weighted by Crippen LogP contribution is 2.37. The number of benzene rings is 3. The van der Waals surface area contributed by atoms with E-state index < -0.39 is 0 Å². The molecule has 0 fully saturated rings. The standard InChI is InChI=1S/C28H28N2O2/c1-18-12-14-23(21(4)15-18)25-26(29(5)17-22-9-7-6-8-10-22)28(32)30(27(25)31)24-16-19(2)11-13-20(24)3/h6-16H,17H2,1-5H3. The SMILES string of the molecule is Cc1ccc(C2=C(N(C)Cc3ccccc3)C(=O)N(c3cc(C)ccc3C)C2=O)c(C)c1. The first-order chi connectivity index (χ1) is 15.3. The largest absolute Gasteiger partial charge is 0.365 e. The van der Waals surface area contributed by atoms with E-state index in [1.807, 2.05) is 100 Å². The molecule has 1 aliphatic heterocycles. The van der Waals surface area contributed by atoms with Crippen molar-refractivity contribution in [1.29, 1.82) is 0 Å². The number of hydrogen-bond acceptors (Lipinski definition) is 3. The molecule has 3 aromatic rings. The maximum Gasteiger partial charge on any atom is 0.282 e. The molecule has 0 saturated heterocycles. The van der Waals surface area contributed by atoms with Gasteiger partial charge < -0.3 is 4.90 Å². The van der Waals surface area contributed by atoms with E-state index in [-0.39, 0.29) is 11.8 Å². The molecule has 0 saturated carbocycles. The number of rotatable bonds is 5. The molecule has 1 heterocycles. The number of nitrogens with zero attached hydrogens (tertiary/aromatic N) is 2. The minimum atomic E-state index is -0.280. The molecule has 4 nitrogen and oxygen atoms in total. The maximum atomic E-state index is 13.8. The fraction of sp³-hybridized carbons (Fsp3) is 0.214. The van der Waals surface area contributed by atoms with Gasteiger partial charge in [0.05, 0.1) is 11.3 Å². The summed E-state index contributed by atoms with van der Waals surface area (Å²) in [5.74, 6) is -0.553. The van der Waals surface area contributed by atoms with Crippen molar-refractivity contribution in [3.8, 4) is 0 Å². The van der Waals surface area contributed by atoms with Crippen molar-refractivity contribution in [3.05, 3.63) is 106 Å². The van der Waals surface area contributed by atoms with E-state index in [9.17, 15) is 9.59 Å². The van der Waals surface area contributed by atoms with E-state index in [4.69, 9.17) is 0 Å². The van der Waals surface area contributed by atoms with Crippen molar-refractivity contribution in [2.24, 2.45) is 0 Å². The molecule has 0 unspecified atom stereocenters. The van der Waals surface area contributed by atoms with Crippen LogP contribution in [0.15, 0.2) is 72.4 Å². The first-order valence-corrected chi connectivity index (χ1v) is 10.8. The number of carbonyl (C=O) groups excluding carboxylic acids is 2. The fourth-order valence-electron chi connectivity index (χ4n) is 4.32. The molecule has 0 atom stereocenters. The molecule has 32 heavy (non-hydrogen) atoms. The lowest BCUT2D eigenvalue weighted by Gasteiger charge is -2.22. The highest BCUT2D eigenvalue weighted by molar-refractivity contribution is 6.45. The fourth-order valence-corrected chi connectivity index (χ4v) is 4.32. The summed E-state index contributed by atoms with van der Waals surface area (Å²) in [6, 6.07) is 21.8. The molecule has 1 aliphatic rings. The second-order valence-electron chi connectivity index (χ2n) is 8.62. The van der Waals surface area contributed by atoms with Crippen LogP contribution in [0.5, 0.6) is 0 Å². The number of carbonyl (C=O) groups is 2. The molecular formula is C28H28N2O2. The predicted molar refractivity (Wildman–Crippen MR) is 129 cm³/mol. The molecule has 0 spiro atoms. The zero-order valence-corrected chi connectivity index (χ0v) is 19.3. The Bertz CT molecular complexity index is 1240. The monoisotopic (exact) mass is 424 g/mol. The zero-order valence-electron chi connectivity index (χ0n) is 19.3. The van der Waals surface area contributed by atoms with Crippen LogP contribution >= 0.6 is 0 Å². The molecule has 4 rings (SSSR count). The van der Waals surface area contributed by atoms with Crippen LogP contribution in [0, 0.1) is 27.7 Å². The number of aryl methyl sites for hydroxylation is 4. The van der Waals surface area contributed by atoms with Crippen LogP contribution in [0.3, 0.4) is 0 Å². The number of imide groups is 1. The third-order valence-corrected chi connectivity index (χ3v) is 5.96. The lowest BCUT2D eigenvalue weighted by molar-refractivity contribution is -0.120. The van der Waals surface area contributed by atoms with Gasteiger partial charge in [0.1, 0.15) is 5.70 Å². The number of anilines is 1. The maximum absolute atomic E-state index is 13.8. The average Bonchev–Trinajstić information content (AvgIpc) is 3.01. The molecule has 2 amide bonds. The second-order valence-corrected chi connectivity index (χ2v) is 8.62. The summed E-state index contributed by atoms with van der Waals surface area (Å²) in [5.41, 5.74) is 7.42. The molecule has 0 aromatic heterocycles. The van der Waals surface area contributed by atoms with Crippen molar-refractivity contribution >= 4 is 23.1 Å². The van der Waals surface area contributed by atoms with E-state index in [2.05, 4.69) is 6.07 Å². The Morgan fingerprint density at radius 1 is 0.750 bits per heavy atom. The van der Waals surface area contributed by atoms with Gasteiger partial charge in [-0.2, -0.15) is 0 Å². The van der Waals surface area contributed by atoms with Gasteiger partial charge in [0, 0.05) is 13.6 Å². The zero-order chi connectivity index (χ0) is 23.0. The van der Waals surface area contributed by atoms with Crippen molar-refractivity contribution in [1.82, 2.24) is 4.90 Å². The highest BCUT2D eigenvalue weighted by atomic mass is 16.2. The Kier molecular flexibility index (Phi) is 5.70. The van der Waals surface area contributed by atoms with Crippen LogP contribution in [-0.2, 0) is 16.1 Å². The van der Waals surface area contributed by atoms with Gasteiger partial charge in [0.2, 0.25) is 0 Å². The predicted octanol–water partition coefficient (Wildman–Crippen LogP) is 5.34. The minimum Gasteiger partial charge on any atom is -0.365 e. The summed E-state index contributed by atoms with van der Waals surface area (Å²) in [7, 11) is 1.88. The summed E-state index contributed by atoms with van der Waals surface area (Å²) in [6.07, 6.45) is 0. The van der Waals surface area contributed by atoms with Crippen LogP contribution in [0.4, 0.5) is 5.69 Å². The van der Waals surface area contributed by atoms with E-state index in [1.54, 1.807) is 0 Å². The summed E-state index contributed by atoms with van der Waals surface area (Å²) in [5, 5.41) is 0. The summed E-state index contributed by atoms with van der Waals surface area (Å²) >= 11 is 0. The normalized spacial score (nSPS) is 13.8. The van der Waals surface area contributed by atoms with Gasteiger partial charge >= 0.3 is 0 Å². The highest BCUT2D eigenvalue weighted by Gasteiger charge is 2.42. The lowest BCUT2D eigenvalue weighted by Crippen LogP contribution is -2.34. The lowest BCUT2D eigenvalue weighted by atomic mass is 9.97.